The van der Waals surface area contributed by atoms with Gasteiger partial charge in [-0.15, -0.1) is 0 Å². The minimum absolute atomic E-state index is 0.0628. The molecule has 5 nitrogen and oxygen atoms in total. The average Bonchev–Trinajstić information content (AvgIpc) is 3.17. The maximum atomic E-state index is 11.9. The topological polar surface area (TPSA) is 65.5 Å². The predicted octanol–water partition coefficient (Wildman–Crippen LogP) is 0.650. The molecule has 98 valence electrons. The second-order valence-electron chi connectivity index (χ2n) is 5.14. The van der Waals surface area contributed by atoms with Crippen LogP contribution in [0.25, 0.3) is 0 Å². The van der Waals surface area contributed by atoms with E-state index >= 15 is 0 Å². The number of anilines is 1. The summed E-state index contributed by atoms with van der Waals surface area (Å²) in [5.74, 6) is 0.688. The Labute approximate surface area is 107 Å². The molecular weight excluding hydrogens is 230 g/mol. The highest BCUT2D eigenvalue weighted by Gasteiger charge is 2.42. The summed E-state index contributed by atoms with van der Waals surface area (Å²) in [5.41, 5.74) is 0.487. The van der Waals surface area contributed by atoms with Crippen LogP contribution >= 0.6 is 0 Å². The Bertz CT molecular complexity index is 424. The second kappa shape index (κ2) is 4.94. The monoisotopic (exact) mass is 249 g/mol. The van der Waals surface area contributed by atoms with Gasteiger partial charge in [-0.3, -0.25) is 4.79 Å². The largest absolute Gasteiger partial charge is 0.396 e. The third kappa shape index (κ3) is 2.79. The van der Waals surface area contributed by atoms with Gasteiger partial charge in [-0.2, -0.15) is 0 Å². The molecule has 0 unspecified atom stereocenters. The van der Waals surface area contributed by atoms with Gasteiger partial charge >= 0.3 is 0 Å². The fourth-order valence-corrected chi connectivity index (χ4v) is 1.72. The smallest absolute Gasteiger partial charge is 0.252 e. The van der Waals surface area contributed by atoms with Gasteiger partial charge in [0.05, 0.1) is 12.2 Å². The molecule has 0 atom stereocenters. The van der Waals surface area contributed by atoms with E-state index in [0.29, 0.717) is 12.1 Å². The van der Waals surface area contributed by atoms with Crippen LogP contribution in [0, 0.1) is 5.41 Å². The zero-order valence-electron chi connectivity index (χ0n) is 10.8. The molecule has 1 aliphatic rings. The number of rotatable bonds is 5. The molecule has 0 aromatic carbocycles. The molecule has 0 radical (unpaired) electrons. The quantitative estimate of drug-likeness (QED) is 0.804. The Morgan fingerprint density at radius 1 is 1.50 bits per heavy atom. The van der Waals surface area contributed by atoms with Crippen molar-refractivity contribution < 1.29 is 9.90 Å². The molecule has 1 aromatic heterocycles. The lowest BCUT2D eigenvalue weighted by Gasteiger charge is -2.13. The van der Waals surface area contributed by atoms with Gasteiger partial charge < -0.3 is 15.3 Å². The summed E-state index contributed by atoms with van der Waals surface area (Å²) < 4.78 is 0. The van der Waals surface area contributed by atoms with Crippen molar-refractivity contribution in [2.75, 3.05) is 32.1 Å². The van der Waals surface area contributed by atoms with E-state index in [9.17, 15) is 4.79 Å². The predicted molar refractivity (Wildman–Crippen MR) is 69.7 cm³/mol. The number of carbonyl (C=O) groups excluding carboxylic acids is 1. The van der Waals surface area contributed by atoms with Gasteiger partial charge in [0.15, 0.2) is 0 Å². The van der Waals surface area contributed by atoms with E-state index in [1.54, 1.807) is 12.3 Å². The Morgan fingerprint density at radius 2 is 2.22 bits per heavy atom. The molecule has 1 heterocycles. The van der Waals surface area contributed by atoms with E-state index < -0.39 is 0 Å². The molecule has 2 N–H and O–H groups in total. The Kier molecular flexibility index (Phi) is 3.52. The van der Waals surface area contributed by atoms with Gasteiger partial charge in [0.1, 0.15) is 5.82 Å². The standard InChI is InChI=1S/C13H19N3O2/c1-16(2)11-4-3-10(7-14-11)12(18)15-8-13(9-17)5-6-13/h3-4,7,17H,5-6,8-9H2,1-2H3,(H,15,18). The number of hydrogen-bond donors (Lipinski definition) is 2. The number of amides is 1. The van der Waals surface area contributed by atoms with Crippen LogP contribution in [0.2, 0.25) is 0 Å². The molecule has 1 amide bonds. The number of aliphatic hydroxyl groups excluding tert-OH is 1. The van der Waals surface area contributed by atoms with Gasteiger partial charge in [0, 0.05) is 32.3 Å². The molecule has 1 aromatic rings. The Morgan fingerprint density at radius 3 is 2.67 bits per heavy atom. The number of hydrogen-bond acceptors (Lipinski definition) is 4. The molecule has 1 fully saturated rings. The van der Waals surface area contributed by atoms with Crippen molar-refractivity contribution in [3.05, 3.63) is 23.9 Å². The summed E-state index contributed by atoms with van der Waals surface area (Å²) in [5, 5.41) is 12.0. The van der Waals surface area contributed by atoms with Crippen LogP contribution in [0.1, 0.15) is 23.2 Å². The lowest BCUT2D eigenvalue weighted by Crippen LogP contribution is -2.31. The highest BCUT2D eigenvalue weighted by Crippen LogP contribution is 2.44. The fraction of sp³-hybridized carbons (Fsp3) is 0.538. The van der Waals surface area contributed by atoms with E-state index in [1.165, 1.54) is 0 Å². The van der Waals surface area contributed by atoms with Crippen LogP contribution in [0.3, 0.4) is 0 Å². The first kappa shape index (κ1) is 12.8. The number of pyridine rings is 1. The minimum Gasteiger partial charge on any atom is -0.396 e. The Hall–Kier alpha value is -1.62. The first-order valence-corrected chi connectivity index (χ1v) is 6.09. The van der Waals surface area contributed by atoms with Crippen LogP contribution in [-0.4, -0.2) is 43.2 Å². The number of aromatic nitrogens is 1. The average molecular weight is 249 g/mol. The third-order valence-corrected chi connectivity index (χ3v) is 3.38. The van der Waals surface area contributed by atoms with Crippen LogP contribution in [0.15, 0.2) is 18.3 Å². The van der Waals surface area contributed by atoms with E-state index in [1.807, 2.05) is 25.1 Å². The number of nitrogens with zero attached hydrogens (tertiary/aromatic N) is 2. The van der Waals surface area contributed by atoms with Crippen LogP contribution < -0.4 is 10.2 Å². The van der Waals surface area contributed by atoms with Crippen molar-refractivity contribution in [2.45, 2.75) is 12.8 Å². The molecule has 0 bridgehead atoms. The Balaban J connectivity index is 1.92. The summed E-state index contributed by atoms with van der Waals surface area (Å²) in [6, 6.07) is 3.57. The maximum Gasteiger partial charge on any atom is 0.252 e. The molecule has 2 rings (SSSR count). The van der Waals surface area contributed by atoms with Crippen LogP contribution in [0.5, 0.6) is 0 Å². The third-order valence-electron chi connectivity index (χ3n) is 3.38. The molecule has 0 saturated heterocycles. The van der Waals surface area contributed by atoms with Gasteiger partial charge in [0.25, 0.3) is 5.91 Å². The molecular formula is C13H19N3O2. The summed E-state index contributed by atoms with van der Waals surface area (Å²) >= 11 is 0. The van der Waals surface area contributed by atoms with Crippen molar-refractivity contribution in [3.63, 3.8) is 0 Å². The SMILES string of the molecule is CN(C)c1ccc(C(=O)NCC2(CO)CC2)cn1. The molecule has 1 aliphatic carbocycles. The maximum absolute atomic E-state index is 11.9. The molecule has 5 heteroatoms. The molecule has 0 spiro atoms. The zero-order chi connectivity index (χ0) is 13.2. The van der Waals surface area contributed by atoms with Crippen LogP contribution in [-0.2, 0) is 0 Å². The van der Waals surface area contributed by atoms with Gasteiger partial charge in [0.2, 0.25) is 0 Å². The number of aliphatic hydroxyl groups is 1. The summed E-state index contributed by atoms with van der Waals surface area (Å²) in [6.07, 6.45) is 3.55. The van der Waals surface area contributed by atoms with Gasteiger partial charge in [-0.25, -0.2) is 4.98 Å². The van der Waals surface area contributed by atoms with Crippen molar-refractivity contribution in [3.8, 4) is 0 Å². The summed E-state index contributed by atoms with van der Waals surface area (Å²) in [6.45, 7) is 0.683. The van der Waals surface area contributed by atoms with Gasteiger partial charge in [-0.05, 0) is 25.0 Å². The first-order chi connectivity index (χ1) is 8.56. The molecule has 1 saturated carbocycles. The molecule has 18 heavy (non-hydrogen) atoms. The van der Waals surface area contributed by atoms with Crippen molar-refractivity contribution >= 4 is 11.7 Å². The van der Waals surface area contributed by atoms with Crippen molar-refractivity contribution in [1.82, 2.24) is 10.3 Å². The highest BCUT2D eigenvalue weighted by molar-refractivity contribution is 5.94. The first-order valence-electron chi connectivity index (χ1n) is 6.09. The zero-order valence-corrected chi connectivity index (χ0v) is 10.8. The minimum atomic E-state index is -0.132. The lowest BCUT2D eigenvalue weighted by molar-refractivity contribution is 0.0935. The summed E-state index contributed by atoms with van der Waals surface area (Å²) in [4.78, 5) is 17.9. The van der Waals surface area contributed by atoms with E-state index in [-0.39, 0.29) is 17.9 Å². The normalized spacial score (nSPS) is 16.2. The van der Waals surface area contributed by atoms with E-state index in [2.05, 4.69) is 10.3 Å². The second-order valence-corrected chi connectivity index (χ2v) is 5.14. The van der Waals surface area contributed by atoms with E-state index in [4.69, 9.17) is 5.11 Å². The van der Waals surface area contributed by atoms with Crippen molar-refractivity contribution in [2.24, 2.45) is 5.41 Å². The lowest BCUT2D eigenvalue weighted by atomic mass is 10.1. The summed E-state index contributed by atoms with van der Waals surface area (Å²) in [7, 11) is 3.81. The number of nitrogens with one attached hydrogen (secondary N) is 1. The fourth-order valence-electron chi connectivity index (χ4n) is 1.72. The van der Waals surface area contributed by atoms with Crippen LogP contribution in [0.4, 0.5) is 5.82 Å². The van der Waals surface area contributed by atoms with Crippen molar-refractivity contribution in [1.29, 1.82) is 0 Å². The number of carbonyl (C=O) groups is 1. The molecule has 0 aliphatic heterocycles. The van der Waals surface area contributed by atoms with Gasteiger partial charge in [-0.1, -0.05) is 0 Å². The highest BCUT2D eigenvalue weighted by atomic mass is 16.3. The van der Waals surface area contributed by atoms with E-state index in [0.717, 1.165) is 18.7 Å².